The number of cyclic esters (lactones) is 1. The van der Waals surface area contributed by atoms with E-state index < -0.39 is 27.9 Å². The molecule has 0 radical (unpaired) electrons. The van der Waals surface area contributed by atoms with Crippen molar-refractivity contribution in [1.29, 1.82) is 0 Å². The third kappa shape index (κ3) is 1.84. The summed E-state index contributed by atoms with van der Waals surface area (Å²) in [5.74, 6) is -0.0851. The van der Waals surface area contributed by atoms with E-state index in [0.717, 1.165) is 5.56 Å². The Hall–Kier alpha value is -1.67. The molecule has 4 aliphatic rings. The van der Waals surface area contributed by atoms with E-state index in [1.54, 1.807) is 6.07 Å². The van der Waals surface area contributed by atoms with Gasteiger partial charge in [-0.2, -0.15) is 0 Å². The Balaban J connectivity index is 1.49. The van der Waals surface area contributed by atoms with Gasteiger partial charge in [0.1, 0.15) is 11.9 Å². The van der Waals surface area contributed by atoms with Crippen molar-refractivity contribution in [3.05, 3.63) is 29.1 Å². The van der Waals surface area contributed by atoms with Crippen LogP contribution in [0.25, 0.3) is 0 Å². The fourth-order valence-corrected chi connectivity index (χ4v) is 6.95. The van der Waals surface area contributed by atoms with E-state index in [9.17, 15) is 22.7 Å². The van der Waals surface area contributed by atoms with Crippen molar-refractivity contribution < 1.29 is 27.4 Å². The maximum absolute atomic E-state index is 14.6. The summed E-state index contributed by atoms with van der Waals surface area (Å²) in [6.07, 6.45) is -0.638. The first kappa shape index (κ1) is 14.7. The number of rotatable bonds is 2. The second-order valence-electron chi connectivity index (χ2n) is 7.18. The number of nitrogens with zero attached hydrogens (tertiary/aromatic N) is 1. The molecule has 1 aliphatic carbocycles. The second-order valence-corrected chi connectivity index (χ2v) is 9.33. The highest BCUT2D eigenvalue weighted by Gasteiger charge is 2.60. The highest BCUT2D eigenvalue weighted by molar-refractivity contribution is 7.91. The number of hydrogen-bond donors (Lipinski definition) is 1. The SMILES string of the molecule is O=C1O[C@@H](CO)[C@@H]2Cc3cc(C4C5CS(=O)(=O)CC54)c(F)cc3N12. The minimum Gasteiger partial charge on any atom is -0.441 e. The van der Waals surface area contributed by atoms with Crippen molar-refractivity contribution in [1.82, 2.24) is 0 Å². The molecule has 6 nitrogen and oxygen atoms in total. The van der Waals surface area contributed by atoms with Gasteiger partial charge in [-0.1, -0.05) is 6.07 Å². The summed E-state index contributed by atoms with van der Waals surface area (Å²) in [7, 11) is -2.96. The normalized spacial score (nSPS) is 37.8. The van der Waals surface area contributed by atoms with Crippen molar-refractivity contribution in [3.63, 3.8) is 0 Å². The minimum absolute atomic E-state index is 0.0268. The maximum Gasteiger partial charge on any atom is 0.415 e. The molecule has 0 spiro atoms. The fourth-order valence-electron chi connectivity index (χ4n) is 4.74. The quantitative estimate of drug-likeness (QED) is 0.851. The molecule has 24 heavy (non-hydrogen) atoms. The molecule has 128 valence electrons. The minimum atomic E-state index is -2.96. The molecule has 0 aromatic heterocycles. The lowest BCUT2D eigenvalue weighted by Gasteiger charge is -2.15. The van der Waals surface area contributed by atoms with Crippen LogP contribution in [0.15, 0.2) is 12.1 Å². The summed E-state index contributed by atoms with van der Waals surface area (Å²) >= 11 is 0. The van der Waals surface area contributed by atoms with Crippen LogP contribution in [0.2, 0.25) is 0 Å². The summed E-state index contributed by atoms with van der Waals surface area (Å²) in [4.78, 5) is 13.4. The number of sulfone groups is 1. The third-order valence-electron chi connectivity index (χ3n) is 5.86. The molecule has 1 aromatic rings. The number of carbonyl (C=O) groups is 1. The van der Waals surface area contributed by atoms with E-state index in [0.29, 0.717) is 17.7 Å². The molecule has 2 saturated heterocycles. The first-order valence-corrected chi connectivity index (χ1v) is 9.85. The zero-order valence-electron chi connectivity index (χ0n) is 12.7. The molecule has 8 heteroatoms. The molecule has 2 unspecified atom stereocenters. The predicted molar refractivity (Wildman–Crippen MR) is 82.1 cm³/mol. The smallest absolute Gasteiger partial charge is 0.415 e. The molecule has 1 amide bonds. The second kappa shape index (κ2) is 4.49. The van der Waals surface area contributed by atoms with Crippen molar-refractivity contribution in [2.24, 2.45) is 11.8 Å². The molecule has 1 saturated carbocycles. The van der Waals surface area contributed by atoms with Gasteiger partial charge in [0, 0.05) is 0 Å². The molecule has 3 heterocycles. The highest BCUT2D eigenvalue weighted by atomic mass is 32.2. The van der Waals surface area contributed by atoms with Crippen LogP contribution < -0.4 is 4.90 Å². The Bertz CT molecular complexity index is 851. The number of aliphatic hydroxyl groups is 1. The van der Waals surface area contributed by atoms with Crippen LogP contribution in [0.4, 0.5) is 14.9 Å². The number of benzene rings is 1. The number of fused-ring (bicyclic) bond motifs is 4. The van der Waals surface area contributed by atoms with E-state index in [4.69, 9.17) is 4.74 Å². The number of halogens is 1. The Kier molecular flexibility index (Phi) is 2.74. The average Bonchev–Trinajstić information content (AvgIpc) is 2.85. The summed E-state index contributed by atoms with van der Waals surface area (Å²) in [6.45, 7) is -0.263. The summed E-state index contributed by atoms with van der Waals surface area (Å²) in [6, 6.07) is 2.83. The maximum atomic E-state index is 14.6. The standard InChI is InChI=1S/C16H16FNO5S/c17-11-3-12-7(2-13-14(4-19)23-16(20)18(12)13)1-8(11)15-9-5-24(21,22)6-10(9)15/h1,3,9-10,13-15,19H,2,4-6H2/t9?,10?,13-,14-,15?/m0/s1. The van der Waals surface area contributed by atoms with Gasteiger partial charge < -0.3 is 9.84 Å². The number of hydrogen-bond acceptors (Lipinski definition) is 5. The van der Waals surface area contributed by atoms with E-state index in [1.165, 1.54) is 11.0 Å². The van der Waals surface area contributed by atoms with Gasteiger partial charge in [0.15, 0.2) is 9.84 Å². The molecule has 1 aromatic carbocycles. The number of anilines is 1. The Morgan fingerprint density at radius 1 is 1.29 bits per heavy atom. The Morgan fingerprint density at radius 3 is 2.67 bits per heavy atom. The zero-order chi connectivity index (χ0) is 16.8. The van der Waals surface area contributed by atoms with Gasteiger partial charge in [-0.15, -0.1) is 0 Å². The third-order valence-corrected chi connectivity index (χ3v) is 7.65. The highest BCUT2D eigenvalue weighted by Crippen LogP contribution is 2.60. The predicted octanol–water partition coefficient (Wildman–Crippen LogP) is 0.826. The summed E-state index contributed by atoms with van der Waals surface area (Å²) < 4.78 is 42.9. The van der Waals surface area contributed by atoms with E-state index >= 15 is 0 Å². The van der Waals surface area contributed by atoms with Gasteiger partial charge in [0.05, 0.1) is 29.8 Å². The molecule has 0 bridgehead atoms. The summed E-state index contributed by atoms with van der Waals surface area (Å²) in [5, 5.41) is 9.34. The summed E-state index contributed by atoms with van der Waals surface area (Å²) in [5.41, 5.74) is 1.92. The number of aliphatic hydroxyl groups excluding tert-OH is 1. The molecular formula is C16H16FNO5S. The van der Waals surface area contributed by atoms with E-state index in [-0.39, 0.29) is 41.9 Å². The Labute approximate surface area is 138 Å². The molecule has 4 atom stereocenters. The van der Waals surface area contributed by atoms with E-state index in [1.807, 2.05) is 0 Å². The number of amides is 1. The Morgan fingerprint density at radius 2 is 2.00 bits per heavy atom. The first-order chi connectivity index (χ1) is 11.4. The van der Waals surface area contributed by atoms with Gasteiger partial charge in [0.2, 0.25) is 0 Å². The van der Waals surface area contributed by atoms with Gasteiger partial charge in [-0.25, -0.2) is 17.6 Å². The van der Waals surface area contributed by atoms with Gasteiger partial charge in [0.25, 0.3) is 0 Å². The van der Waals surface area contributed by atoms with Gasteiger partial charge in [-0.05, 0) is 41.4 Å². The van der Waals surface area contributed by atoms with Crippen LogP contribution in [0.1, 0.15) is 17.0 Å². The zero-order valence-corrected chi connectivity index (χ0v) is 13.5. The van der Waals surface area contributed by atoms with Crippen LogP contribution in [-0.4, -0.2) is 49.9 Å². The molecular weight excluding hydrogens is 337 g/mol. The number of ether oxygens (including phenoxy) is 1. The van der Waals surface area contributed by atoms with Crippen LogP contribution in [0.5, 0.6) is 0 Å². The van der Waals surface area contributed by atoms with Crippen LogP contribution in [0, 0.1) is 17.7 Å². The van der Waals surface area contributed by atoms with Crippen LogP contribution in [0.3, 0.4) is 0 Å². The largest absolute Gasteiger partial charge is 0.441 e. The van der Waals surface area contributed by atoms with Gasteiger partial charge in [-0.3, -0.25) is 4.90 Å². The lowest BCUT2D eigenvalue weighted by molar-refractivity contribution is 0.0830. The van der Waals surface area contributed by atoms with Crippen molar-refractivity contribution in [2.75, 3.05) is 23.0 Å². The van der Waals surface area contributed by atoms with Crippen molar-refractivity contribution in [2.45, 2.75) is 24.5 Å². The van der Waals surface area contributed by atoms with Crippen molar-refractivity contribution >= 4 is 21.6 Å². The number of carbonyl (C=O) groups excluding carboxylic acids is 1. The lowest BCUT2D eigenvalue weighted by atomic mass is 10.0. The fraction of sp³-hybridized carbons (Fsp3) is 0.562. The van der Waals surface area contributed by atoms with Crippen LogP contribution >= 0.6 is 0 Å². The monoisotopic (exact) mass is 353 g/mol. The average molecular weight is 353 g/mol. The molecule has 3 aliphatic heterocycles. The van der Waals surface area contributed by atoms with E-state index in [2.05, 4.69) is 0 Å². The molecule has 3 fully saturated rings. The molecule has 5 rings (SSSR count). The molecule has 1 N–H and O–H groups in total. The van der Waals surface area contributed by atoms with Gasteiger partial charge >= 0.3 is 6.09 Å². The van der Waals surface area contributed by atoms with Crippen LogP contribution in [-0.2, 0) is 21.0 Å². The lowest BCUT2D eigenvalue weighted by Crippen LogP contribution is -2.34. The van der Waals surface area contributed by atoms with Crippen molar-refractivity contribution in [3.8, 4) is 0 Å². The topological polar surface area (TPSA) is 83.9 Å². The first-order valence-electron chi connectivity index (χ1n) is 8.03.